The largest absolute Gasteiger partial charge is 0.438 e. The van der Waals surface area contributed by atoms with Crippen molar-refractivity contribution in [3.05, 3.63) is 35.4 Å². The van der Waals surface area contributed by atoms with Gasteiger partial charge in [-0.15, -0.1) is 0 Å². The second-order valence-corrected chi connectivity index (χ2v) is 4.52. The highest BCUT2D eigenvalue weighted by Crippen LogP contribution is 2.08. The number of hydrogen-bond acceptors (Lipinski definition) is 6. The number of aliphatic hydroxyl groups is 2. The molecule has 0 heterocycles. The molecule has 0 saturated carbocycles. The van der Waals surface area contributed by atoms with Crippen molar-refractivity contribution in [2.24, 2.45) is 5.73 Å². The number of rotatable bonds is 8. The molecule has 0 spiro atoms. The number of nitrogens with two attached hydrogens (primary N) is 1. The average molecular weight is 310 g/mol. The van der Waals surface area contributed by atoms with Gasteiger partial charge in [0.2, 0.25) is 11.8 Å². The number of ether oxygens (including phenoxy) is 1. The van der Waals surface area contributed by atoms with Gasteiger partial charge in [-0.25, -0.2) is 0 Å². The second kappa shape index (κ2) is 8.75. The molecule has 0 radical (unpaired) electrons. The van der Waals surface area contributed by atoms with Gasteiger partial charge in [0, 0.05) is 6.42 Å². The molecule has 0 fully saturated rings. The summed E-state index contributed by atoms with van der Waals surface area (Å²) in [5.74, 6) is -1.95. The van der Waals surface area contributed by atoms with Crippen molar-refractivity contribution in [2.75, 3.05) is 13.4 Å². The topological polar surface area (TPSA) is 139 Å². The molecule has 0 saturated heterocycles. The molecule has 5 N–H and O–H groups in total. The van der Waals surface area contributed by atoms with Crippen LogP contribution in [0.25, 0.3) is 0 Å². The summed E-state index contributed by atoms with van der Waals surface area (Å²) < 4.78 is 4.41. The van der Waals surface area contributed by atoms with Crippen molar-refractivity contribution >= 4 is 17.8 Å². The summed E-state index contributed by atoms with van der Waals surface area (Å²) in [7, 11) is 0. The summed E-state index contributed by atoms with van der Waals surface area (Å²) >= 11 is 0. The summed E-state index contributed by atoms with van der Waals surface area (Å²) in [6.07, 6.45) is 0.184. The monoisotopic (exact) mass is 310 g/mol. The van der Waals surface area contributed by atoms with Crippen LogP contribution in [0, 0.1) is 0 Å². The first-order valence-corrected chi connectivity index (χ1v) is 6.50. The maximum absolute atomic E-state index is 11.3. The maximum atomic E-state index is 11.3. The zero-order chi connectivity index (χ0) is 16.5. The van der Waals surface area contributed by atoms with E-state index in [0.29, 0.717) is 5.56 Å². The van der Waals surface area contributed by atoms with Crippen LogP contribution < -0.4 is 11.1 Å². The molecule has 0 bridgehead atoms. The number of carbonyl (C=O) groups is 3. The summed E-state index contributed by atoms with van der Waals surface area (Å²) in [5, 5.41) is 19.4. The van der Waals surface area contributed by atoms with Crippen LogP contribution >= 0.6 is 0 Å². The molecule has 0 aromatic heterocycles. The standard InChI is InChI=1S/C14H18N2O6/c15-14(21)11(16-12(19)7-17)5-9-1-3-10(4-2-9)6-13(20)22-8-18/h1-4,11,17-18H,5-8H2,(H2,15,21)(H,16,19). The van der Waals surface area contributed by atoms with Crippen LogP contribution in [0.15, 0.2) is 24.3 Å². The van der Waals surface area contributed by atoms with Gasteiger partial charge in [-0.3, -0.25) is 14.4 Å². The van der Waals surface area contributed by atoms with E-state index >= 15 is 0 Å². The summed E-state index contributed by atoms with van der Waals surface area (Å²) in [6.45, 7) is -1.39. The minimum atomic E-state index is -0.926. The van der Waals surface area contributed by atoms with Crippen LogP contribution in [0.1, 0.15) is 11.1 Å². The Balaban J connectivity index is 2.66. The predicted octanol–water partition coefficient (Wildman–Crippen LogP) is -1.77. The Morgan fingerprint density at radius 1 is 1.14 bits per heavy atom. The smallest absolute Gasteiger partial charge is 0.312 e. The highest BCUT2D eigenvalue weighted by Gasteiger charge is 2.18. The number of carbonyl (C=O) groups excluding carboxylic acids is 3. The van der Waals surface area contributed by atoms with Gasteiger partial charge < -0.3 is 26.0 Å². The first-order valence-electron chi connectivity index (χ1n) is 6.50. The van der Waals surface area contributed by atoms with Crippen molar-refractivity contribution in [3.8, 4) is 0 Å². The van der Waals surface area contributed by atoms with Crippen LogP contribution in [-0.2, 0) is 32.0 Å². The first-order chi connectivity index (χ1) is 10.5. The molecule has 1 atom stereocenters. The SMILES string of the molecule is NC(=O)C(Cc1ccc(CC(=O)OCO)cc1)NC(=O)CO. The van der Waals surface area contributed by atoms with Gasteiger partial charge in [0.1, 0.15) is 12.6 Å². The molecule has 1 aromatic rings. The first kappa shape index (κ1) is 17.6. The number of primary amides is 1. The lowest BCUT2D eigenvalue weighted by Gasteiger charge is -2.15. The van der Waals surface area contributed by atoms with Gasteiger partial charge in [0.05, 0.1) is 6.42 Å². The van der Waals surface area contributed by atoms with E-state index in [1.54, 1.807) is 24.3 Å². The lowest BCUT2D eigenvalue weighted by Crippen LogP contribution is -2.46. The molecule has 8 nitrogen and oxygen atoms in total. The van der Waals surface area contributed by atoms with E-state index < -0.39 is 37.2 Å². The van der Waals surface area contributed by atoms with E-state index in [1.807, 2.05) is 0 Å². The van der Waals surface area contributed by atoms with Gasteiger partial charge in [0.25, 0.3) is 0 Å². The molecule has 1 unspecified atom stereocenters. The molecule has 22 heavy (non-hydrogen) atoms. The fourth-order valence-corrected chi connectivity index (χ4v) is 1.78. The molecule has 120 valence electrons. The summed E-state index contributed by atoms with van der Waals surface area (Å²) in [4.78, 5) is 33.6. The van der Waals surface area contributed by atoms with E-state index in [4.69, 9.17) is 15.9 Å². The lowest BCUT2D eigenvalue weighted by atomic mass is 10.0. The Kier molecular flexibility index (Phi) is 7.00. The minimum absolute atomic E-state index is 0.0152. The van der Waals surface area contributed by atoms with Crippen molar-refractivity contribution in [1.29, 1.82) is 0 Å². The van der Waals surface area contributed by atoms with Gasteiger partial charge in [-0.1, -0.05) is 24.3 Å². The fourth-order valence-electron chi connectivity index (χ4n) is 1.78. The molecular weight excluding hydrogens is 292 g/mol. The summed E-state index contributed by atoms with van der Waals surface area (Å²) in [5.41, 5.74) is 6.60. The van der Waals surface area contributed by atoms with E-state index in [0.717, 1.165) is 5.56 Å². The third-order valence-corrected chi connectivity index (χ3v) is 2.86. The van der Waals surface area contributed by atoms with Crippen LogP contribution in [0.4, 0.5) is 0 Å². The molecular formula is C14H18N2O6. The molecule has 1 rings (SSSR count). The summed E-state index contributed by atoms with van der Waals surface area (Å²) in [6, 6.07) is 5.77. The number of benzene rings is 1. The second-order valence-electron chi connectivity index (χ2n) is 4.52. The molecule has 0 aliphatic rings. The van der Waals surface area contributed by atoms with Crippen LogP contribution in [0.2, 0.25) is 0 Å². The maximum Gasteiger partial charge on any atom is 0.312 e. The molecule has 8 heteroatoms. The highest BCUT2D eigenvalue weighted by atomic mass is 16.6. The predicted molar refractivity (Wildman–Crippen MR) is 75.2 cm³/mol. The third kappa shape index (κ3) is 5.90. The Labute approximate surface area is 126 Å². The quantitative estimate of drug-likeness (QED) is 0.331. The lowest BCUT2D eigenvalue weighted by molar-refractivity contribution is -0.150. The van der Waals surface area contributed by atoms with E-state index in [-0.39, 0.29) is 12.8 Å². The molecule has 1 aromatic carbocycles. The number of aliphatic hydroxyl groups excluding tert-OH is 2. The Bertz CT molecular complexity index is 529. The van der Waals surface area contributed by atoms with Crippen LogP contribution in [0.5, 0.6) is 0 Å². The third-order valence-electron chi connectivity index (χ3n) is 2.86. The van der Waals surface area contributed by atoms with Crippen molar-refractivity contribution in [3.63, 3.8) is 0 Å². The van der Waals surface area contributed by atoms with Gasteiger partial charge in [-0.05, 0) is 11.1 Å². The zero-order valence-electron chi connectivity index (χ0n) is 11.8. The zero-order valence-corrected chi connectivity index (χ0v) is 11.8. The van der Waals surface area contributed by atoms with Gasteiger partial charge in [-0.2, -0.15) is 0 Å². The van der Waals surface area contributed by atoms with Crippen molar-refractivity contribution < 1.29 is 29.3 Å². The molecule has 2 amide bonds. The molecule has 0 aliphatic carbocycles. The van der Waals surface area contributed by atoms with E-state index in [9.17, 15) is 14.4 Å². The minimum Gasteiger partial charge on any atom is -0.438 e. The van der Waals surface area contributed by atoms with E-state index in [2.05, 4.69) is 10.1 Å². The fraction of sp³-hybridized carbons (Fsp3) is 0.357. The number of nitrogens with one attached hydrogen (secondary N) is 1. The normalized spacial score (nSPS) is 11.5. The number of esters is 1. The number of amides is 2. The highest BCUT2D eigenvalue weighted by molar-refractivity contribution is 5.87. The number of hydrogen-bond donors (Lipinski definition) is 4. The van der Waals surface area contributed by atoms with Crippen molar-refractivity contribution in [1.82, 2.24) is 5.32 Å². The van der Waals surface area contributed by atoms with Gasteiger partial charge >= 0.3 is 5.97 Å². The Morgan fingerprint density at radius 3 is 2.23 bits per heavy atom. The van der Waals surface area contributed by atoms with Crippen LogP contribution in [0.3, 0.4) is 0 Å². The van der Waals surface area contributed by atoms with E-state index in [1.165, 1.54) is 0 Å². The van der Waals surface area contributed by atoms with Crippen molar-refractivity contribution in [2.45, 2.75) is 18.9 Å². The average Bonchev–Trinajstić information content (AvgIpc) is 2.48. The Morgan fingerprint density at radius 2 is 1.73 bits per heavy atom. The van der Waals surface area contributed by atoms with Gasteiger partial charge in [0.15, 0.2) is 6.79 Å². The van der Waals surface area contributed by atoms with Crippen LogP contribution in [-0.4, -0.2) is 47.4 Å². The Hall–Kier alpha value is -2.45. The molecule has 0 aliphatic heterocycles.